The highest BCUT2D eigenvalue weighted by molar-refractivity contribution is 5.82. The van der Waals surface area contributed by atoms with Gasteiger partial charge in [-0.05, 0) is 113 Å². The van der Waals surface area contributed by atoms with Gasteiger partial charge < -0.3 is 5.32 Å². The molecule has 0 radical (unpaired) electrons. The van der Waals surface area contributed by atoms with Crippen LogP contribution in [0.15, 0.2) is 90.7 Å². The van der Waals surface area contributed by atoms with E-state index < -0.39 is 0 Å². The molecule has 0 aliphatic heterocycles. The second kappa shape index (κ2) is 7.32. The van der Waals surface area contributed by atoms with Crippen molar-refractivity contribution in [3.05, 3.63) is 113 Å². The number of allylic oxidation sites excluding steroid dienone is 4. The minimum absolute atomic E-state index is 0.0252. The first-order valence-electron chi connectivity index (χ1n) is 15.0. The van der Waals surface area contributed by atoms with Gasteiger partial charge in [-0.2, -0.15) is 0 Å². The van der Waals surface area contributed by atoms with Gasteiger partial charge in [-0.15, -0.1) is 0 Å². The van der Waals surface area contributed by atoms with Crippen LogP contribution in [0.25, 0.3) is 11.1 Å². The number of anilines is 1. The van der Waals surface area contributed by atoms with Crippen molar-refractivity contribution >= 4 is 5.69 Å². The van der Waals surface area contributed by atoms with E-state index in [4.69, 9.17) is 0 Å². The summed E-state index contributed by atoms with van der Waals surface area (Å²) in [6.07, 6.45) is 14.7. The van der Waals surface area contributed by atoms with Crippen molar-refractivity contribution in [2.75, 3.05) is 5.32 Å². The number of benzene rings is 3. The number of hydrogen-bond acceptors (Lipinski definition) is 1. The highest BCUT2D eigenvalue weighted by Crippen LogP contribution is 2.71. The molecule has 2 unspecified atom stereocenters. The van der Waals surface area contributed by atoms with Crippen molar-refractivity contribution in [1.82, 2.24) is 0 Å². The van der Waals surface area contributed by atoms with Gasteiger partial charge in [0, 0.05) is 28.1 Å². The molecule has 7 aliphatic carbocycles. The molecular formula is C37H37N. The zero-order valence-corrected chi connectivity index (χ0v) is 22.6. The van der Waals surface area contributed by atoms with Crippen LogP contribution < -0.4 is 5.32 Å². The molecule has 1 nitrogen and oxygen atoms in total. The van der Waals surface area contributed by atoms with Crippen molar-refractivity contribution in [2.24, 2.45) is 29.6 Å². The van der Waals surface area contributed by atoms with Gasteiger partial charge in [0.2, 0.25) is 0 Å². The van der Waals surface area contributed by atoms with Gasteiger partial charge in [0.05, 0.1) is 0 Å². The smallest absolute Gasteiger partial charge is 0.0385 e. The van der Waals surface area contributed by atoms with Gasteiger partial charge in [0.25, 0.3) is 0 Å². The Morgan fingerprint density at radius 1 is 0.711 bits per heavy atom. The number of nitrogens with one attached hydrogen (secondary N) is 1. The molecule has 4 fully saturated rings. The van der Waals surface area contributed by atoms with Crippen molar-refractivity contribution in [3.63, 3.8) is 0 Å². The van der Waals surface area contributed by atoms with E-state index in [1.54, 1.807) is 11.1 Å². The average molecular weight is 496 g/mol. The zero-order chi connectivity index (χ0) is 25.2. The van der Waals surface area contributed by atoms with Crippen molar-refractivity contribution in [1.29, 1.82) is 0 Å². The first kappa shape index (κ1) is 21.8. The summed E-state index contributed by atoms with van der Waals surface area (Å²) in [6.45, 7) is 4.76. The maximum atomic E-state index is 4.00. The maximum absolute atomic E-state index is 4.00. The Kier molecular flexibility index (Phi) is 4.20. The summed E-state index contributed by atoms with van der Waals surface area (Å²) in [5.41, 5.74) is 12.0. The first-order chi connectivity index (χ1) is 18.5. The molecule has 4 saturated carbocycles. The molecule has 10 rings (SSSR count). The summed E-state index contributed by atoms with van der Waals surface area (Å²) in [5.74, 6) is 4.73. The summed E-state index contributed by atoms with van der Waals surface area (Å²) in [4.78, 5) is 0. The quantitative estimate of drug-likeness (QED) is 0.374. The molecule has 1 spiro atoms. The molecule has 3 aromatic carbocycles. The lowest BCUT2D eigenvalue weighted by Crippen LogP contribution is -2.57. The maximum Gasteiger partial charge on any atom is 0.0385 e. The Labute approximate surface area is 227 Å². The Bertz CT molecular complexity index is 1520. The predicted octanol–water partition coefficient (Wildman–Crippen LogP) is 8.97. The summed E-state index contributed by atoms with van der Waals surface area (Å²) in [6, 6.07) is 25.6. The highest BCUT2D eigenvalue weighted by Gasteiger charge is 2.65. The van der Waals surface area contributed by atoms with Crippen LogP contribution in [-0.2, 0) is 10.8 Å². The molecular weight excluding hydrogens is 458 g/mol. The summed E-state index contributed by atoms with van der Waals surface area (Å²) >= 11 is 0. The molecule has 1 heteroatoms. The molecule has 4 bridgehead atoms. The lowest BCUT2D eigenvalue weighted by molar-refractivity contribution is -0.0765. The molecule has 3 aromatic rings. The van der Waals surface area contributed by atoms with Gasteiger partial charge in [0.1, 0.15) is 0 Å². The molecule has 0 heterocycles. The van der Waals surface area contributed by atoms with Crippen LogP contribution in [0.5, 0.6) is 0 Å². The summed E-state index contributed by atoms with van der Waals surface area (Å²) in [5, 5.41) is 4.00. The fraction of sp³-hybridized carbons (Fsp3) is 0.405. The molecule has 0 saturated heterocycles. The van der Waals surface area contributed by atoms with E-state index in [-0.39, 0.29) is 5.41 Å². The normalized spacial score (nSPS) is 36.0. The molecule has 190 valence electrons. The average Bonchev–Trinajstić information content (AvgIpc) is 3.35. The fourth-order valence-corrected chi connectivity index (χ4v) is 10.8. The Hall–Kier alpha value is -3.06. The van der Waals surface area contributed by atoms with Crippen LogP contribution in [0, 0.1) is 29.6 Å². The lowest BCUT2D eigenvalue weighted by Gasteiger charge is -2.63. The third-order valence-electron chi connectivity index (χ3n) is 12.0. The van der Waals surface area contributed by atoms with Gasteiger partial charge in [-0.25, -0.2) is 0 Å². The molecule has 2 atom stereocenters. The molecule has 7 aliphatic rings. The fourth-order valence-electron chi connectivity index (χ4n) is 10.8. The van der Waals surface area contributed by atoms with E-state index in [1.165, 1.54) is 65.7 Å². The highest BCUT2D eigenvalue weighted by atomic mass is 14.9. The van der Waals surface area contributed by atoms with Crippen LogP contribution in [0.1, 0.15) is 74.1 Å². The molecule has 0 amide bonds. The van der Waals surface area contributed by atoms with E-state index in [1.807, 2.05) is 0 Å². The predicted molar refractivity (Wildman–Crippen MR) is 156 cm³/mol. The molecule has 1 N–H and O–H groups in total. The van der Waals surface area contributed by atoms with Crippen molar-refractivity contribution in [2.45, 2.75) is 62.7 Å². The molecule has 0 aromatic heterocycles. The standard InChI is InChI=1S/C37H37N/c1-36(2)30-10-5-3-8-27(30)28-15-14-26(21-33(28)36)38-34-13-7-12-32-35(34)29-9-4-6-11-31(29)37(32)24-17-22-16-23(19-24)20-25(37)18-22/h3-15,21-25,32,35,38H,16-20H2,1-2H3. The Morgan fingerprint density at radius 2 is 1.39 bits per heavy atom. The SMILES string of the molecule is CC1(C)c2ccccc2-c2ccc(NC3=CC=CC4C3c3ccccc3C43C4CC5CC(C4)CC3C5)cc21. The second-order valence-corrected chi connectivity index (χ2v) is 13.9. The Morgan fingerprint density at radius 3 is 2.18 bits per heavy atom. The third kappa shape index (κ3) is 2.59. The van der Waals surface area contributed by atoms with Crippen LogP contribution in [0.4, 0.5) is 5.69 Å². The topological polar surface area (TPSA) is 12.0 Å². The van der Waals surface area contributed by atoms with E-state index in [0.717, 1.165) is 23.7 Å². The van der Waals surface area contributed by atoms with E-state index in [0.29, 0.717) is 17.3 Å². The van der Waals surface area contributed by atoms with Crippen molar-refractivity contribution < 1.29 is 0 Å². The number of rotatable bonds is 2. The first-order valence-corrected chi connectivity index (χ1v) is 15.0. The second-order valence-electron chi connectivity index (χ2n) is 13.9. The van der Waals surface area contributed by atoms with E-state index in [9.17, 15) is 0 Å². The van der Waals surface area contributed by atoms with Gasteiger partial charge in [0.15, 0.2) is 0 Å². The van der Waals surface area contributed by atoms with Crippen molar-refractivity contribution in [3.8, 4) is 11.1 Å². The van der Waals surface area contributed by atoms with Crippen LogP contribution >= 0.6 is 0 Å². The minimum atomic E-state index is 0.0252. The van der Waals surface area contributed by atoms with Gasteiger partial charge in [-0.3, -0.25) is 0 Å². The van der Waals surface area contributed by atoms with Crippen LogP contribution in [-0.4, -0.2) is 0 Å². The number of fused-ring (bicyclic) bond motifs is 6. The van der Waals surface area contributed by atoms with Gasteiger partial charge in [-0.1, -0.05) is 80.6 Å². The number of hydrogen-bond donors (Lipinski definition) is 1. The summed E-state index contributed by atoms with van der Waals surface area (Å²) < 4.78 is 0. The van der Waals surface area contributed by atoms with Crippen LogP contribution in [0.2, 0.25) is 0 Å². The van der Waals surface area contributed by atoms with E-state index >= 15 is 0 Å². The Balaban J connectivity index is 1.12. The van der Waals surface area contributed by atoms with E-state index in [2.05, 4.69) is 104 Å². The lowest BCUT2D eigenvalue weighted by atomic mass is 9.41. The largest absolute Gasteiger partial charge is 0.358 e. The minimum Gasteiger partial charge on any atom is -0.358 e. The summed E-state index contributed by atoms with van der Waals surface area (Å²) in [7, 11) is 0. The molecule has 38 heavy (non-hydrogen) atoms. The van der Waals surface area contributed by atoms with Gasteiger partial charge >= 0.3 is 0 Å². The third-order valence-corrected chi connectivity index (χ3v) is 12.0. The monoisotopic (exact) mass is 495 g/mol. The van der Waals surface area contributed by atoms with Crippen LogP contribution in [0.3, 0.4) is 0 Å². The zero-order valence-electron chi connectivity index (χ0n) is 22.6.